The SMILES string of the molecule is COc1ccc(C#N)cc1CS(=O)c1cccc(Br)c1. The highest BCUT2D eigenvalue weighted by molar-refractivity contribution is 9.10. The molecule has 2 rings (SSSR count). The molecule has 0 saturated carbocycles. The predicted octanol–water partition coefficient (Wildman–Crippen LogP) is 3.64. The first-order valence-electron chi connectivity index (χ1n) is 5.85. The standard InChI is InChI=1S/C15H12BrNO2S/c1-19-15-6-5-11(9-17)7-12(15)10-20(18)14-4-2-3-13(16)8-14/h2-8H,10H2,1H3. The van der Waals surface area contributed by atoms with Crippen LogP contribution >= 0.6 is 15.9 Å². The van der Waals surface area contributed by atoms with Gasteiger partial charge in [0.25, 0.3) is 0 Å². The van der Waals surface area contributed by atoms with E-state index in [4.69, 9.17) is 10.00 Å². The summed E-state index contributed by atoms with van der Waals surface area (Å²) in [7, 11) is 0.376. The average Bonchev–Trinajstić information content (AvgIpc) is 2.47. The third-order valence-corrected chi connectivity index (χ3v) is 4.60. The van der Waals surface area contributed by atoms with Crippen molar-refractivity contribution in [3.63, 3.8) is 0 Å². The van der Waals surface area contributed by atoms with E-state index in [0.717, 1.165) is 14.9 Å². The van der Waals surface area contributed by atoms with Gasteiger partial charge in [-0.05, 0) is 36.4 Å². The Morgan fingerprint density at radius 1 is 1.30 bits per heavy atom. The number of rotatable bonds is 4. The molecular weight excluding hydrogens is 338 g/mol. The molecule has 20 heavy (non-hydrogen) atoms. The highest BCUT2D eigenvalue weighted by atomic mass is 79.9. The maximum absolute atomic E-state index is 12.4. The van der Waals surface area contributed by atoms with E-state index < -0.39 is 10.8 Å². The molecule has 3 nitrogen and oxygen atoms in total. The molecule has 0 aromatic heterocycles. The molecule has 102 valence electrons. The van der Waals surface area contributed by atoms with Gasteiger partial charge in [-0.3, -0.25) is 4.21 Å². The number of hydrogen-bond donors (Lipinski definition) is 0. The van der Waals surface area contributed by atoms with Crippen LogP contribution in [0.25, 0.3) is 0 Å². The summed E-state index contributed by atoms with van der Waals surface area (Å²) in [6.45, 7) is 0. The minimum atomic E-state index is -1.19. The van der Waals surface area contributed by atoms with E-state index in [2.05, 4.69) is 22.0 Å². The molecule has 1 atom stereocenters. The van der Waals surface area contributed by atoms with E-state index in [-0.39, 0.29) is 0 Å². The molecule has 0 radical (unpaired) electrons. The van der Waals surface area contributed by atoms with Gasteiger partial charge in [0.2, 0.25) is 0 Å². The molecule has 0 aliphatic rings. The van der Waals surface area contributed by atoms with Gasteiger partial charge in [-0.2, -0.15) is 5.26 Å². The summed E-state index contributed by atoms with van der Waals surface area (Å²) in [5, 5.41) is 8.94. The predicted molar refractivity (Wildman–Crippen MR) is 82.0 cm³/mol. The van der Waals surface area contributed by atoms with Crippen molar-refractivity contribution in [2.45, 2.75) is 10.6 Å². The minimum Gasteiger partial charge on any atom is -0.496 e. The van der Waals surface area contributed by atoms with Gasteiger partial charge in [-0.1, -0.05) is 22.0 Å². The lowest BCUT2D eigenvalue weighted by Crippen LogP contribution is -2.00. The fourth-order valence-corrected chi connectivity index (χ4v) is 3.51. The monoisotopic (exact) mass is 349 g/mol. The molecule has 0 bridgehead atoms. The lowest BCUT2D eigenvalue weighted by molar-refractivity contribution is 0.411. The maximum Gasteiger partial charge on any atom is 0.123 e. The Morgan fingerprint density at radius 2 is 2.10 bits per heavy atom. The van der Waals surface area contributed by atoms with Crippen LogP contribution in [0.2, 0.25) is 0 Å². The Morgan fingerprint density at radius 3 is 2.75 bits per heavy atom. The molecule has 2 aromatic carbocycles. The summed E-state index contributed by atoms with van der Waals surface area (Å²) in [5.41, 5.74) is 1.30. The van der Waals surface area contributed by atoms with Crippen LogP contribution in [0.5, 0.6) is 5.75 Å². The largest absolute Gasteiger partial charge is 0.496 e. The topological polar surface area (TPSA) is 50.1 Å². The number of ether oxygens (including phenoxy) is 1. The van der Waals surface area contributed by atoms with Crippen molar-refractivity contribution < 1.29 is 8.95 Å². The number of nitrogens with zero attached hydrogens (tertiary/aromatic N) is 1. The Bertz CT molecular complexity index is 695. The molecule has 1 unspecified atom stereocenters. The van der Waals surface area contributed by atoms with Crippen molar-refractivity contribution in [3.8, 4) is 11.8 Å². The normalized spacial score (nSPS) is 11.7. The second kappa shape index (κ2) is 6.69. The first-order valence-corrected chi connectivity index (χ1v) is 7.96. The van der Waals surface area contributed by atoms with E-state index in [9.17, 15) is 4.21 Å². The van der Waals surface area contributed by atoms with Crippen molar-refractivity contribution in [1.82, 2.24) is 0 Å². The highest BCUT2D eigenvalue weighted by Crippen LogP contribution is 2.24. The zero-order valence-electron chi connectivity index (χ0n) is 10.8. The van der Waals surface area contributed by atoms with Crippen LogP contribution in [0.1, 0.15) is 11.1 Å². The third kappa shape index (κ3) is 3.47. The average molecular weight is 350 g/mol. The smallest absolute Gasteiger partial charge is 0.123 e. The van der Waals surface area contributed by atoms with Crippen LogP contribution in [-0.2, 0) is 16.6 Å². The lowest BCUT2D eigenvalue weighted by Gasteiger charge is -2.09. The summed E-state index contributed by atoms with van der Waals surface area (Å²) >= 11 is 3.36. The molecule has 0 aliphatic carbocycles. The van der Waals surface area contributed by atoms with Crippen molar-refractivity contribution in [1.29, 1.82) is 5.26 Å². The van der Waals surface area contributed by atoms with Gasteiger partial charge >= 0.3 is 0 Å². The number of nitriles is 1. The summed E-state index contributed by atoms with van der Waals surface area (Å²) in [4.78, 5) is 0.740. The van der Waals surface area contributed by atoms with Crippen LogP contribution in [0.4, 0.5) is 0 Å². The van der Waals surface area contributed by atoms with Gasteiger partial charge in [0.15, 0.2) is 0 Å². The Kier molecular flexibility index (Phi) is 4.94. The van der Waals surface area contributed by atoms with Crippen LogP contribution in [-0.4, -0.2) is 11.3 Å². The zero-order chi connectivity index (χ0) is 14.5. The van der Waals surface area contributed by atoms with Crippen molar-refractivity contribution in [2.75, 3.05) is 7.11 Å². The highest BCUT2D eigenvalue weighted by Gasteiger charge is 2.11. The zero-order valence-corrected chi connectivity index (χ0v) is 13.2. The molecule has 0 amide bonds. The first-order chi connectivity index (χ1) is 9.63. The quantitative estimate of drug-likeness (QED) is 0.846. The summed E-state index contributed by atoms with van der Waals surface area (Å²) in [6, 6.07) is 14.6. The molecule has 0 heterocycles. The number of halogens is 1. The lowest BCUT2D eigenvalue weighted by atomic mass is 10.1. The Balaban J connectivity index is 2.29. The van der Waals surface area contributed by atoms with Crippen LogP contribution in [0, 0.1) is 11.3 Å². The van der Waals surface area contributed by atoms with Gasteiger partial charge in [0.05, 0.1) is 35.3 Å². The van der Waals surface area contributed by atoms with Gasteiger partial charge < -0.3 is 4.74 Å². The maximum atomic E-state index is 12.4. The van der Waals surface area contributed by atoms with Gasteiger partial charge in [-0.15, -0.1) is 0 Å². The number of benzene rings is 2. The van der Waals surface area contributed by atoms with Crippen LogP contribution in [0.15, 0.2) is 51.8 Å². The number of methoxy groups -OCH3 is 1. The van der Waals surface area contributed by atoms with Crippen LogP contribution in [0.3, 0.4) is 0 Å². The first kappa shape index (κ1) is 14.8. The molecule has 2 aromatic rings. The van der Waals surface area contributed by atoms with E-state index in [1.54, 1.807) is 25.3 Å². The van der Waals surface area contributed by atoms with Crippen molar-refractivity contribution in [3.05, 3.63) is 58.1 Å². The molecular formula is C15H12BrNO2S. The Hall–Kier alpha value is -1.64. The summed E-state index contributed by atoms with van der Waals surface area (Å²) in [5.74, 6) is 0.960. The third-order valence-electron chi connectivity index (χ3n) is 2.76. The van der Waals surface area contributed by atoms with E-state index in [1.807, 2.05) is 24.3 Å². The molecule has 0 aliphatic heterocycles. The van der Waals surface area contributed by atoms with E-state index >= 15 is 0 Å². The second-order valence-electron chi connectivity index (χ2n) is 4.09. The van der Waals surface area contributed by atoms with E-state index in [0.29, 0.717) is 17.1 Å². The molecule has 0 saturated heterocycles. The fourth-order valence-electron chi connectivity index (χ4n) is 1.79. The van der Waals surface area contributed by atoms with Gasteiger partial charge in [-0.25, -0.2) is 0 Å². The fraction of sp³-hybridized carbons (Fsp3) is 0.133. The minimum absolute atomic E-state index is 0.315. The molecule has 0 fully saturated rings. The van der Waals surface area contributed by atoms with Crippen molar-refractivity contribution in [2.24, 2.45) is 0 Å². The molecule has 0 spiro atoms. The second-order valence-corrected chi connectivity index (χ2v) is 6.45. The summed E-state index contributed by atoms with van der Waals surface area (Å²) in [6.07, 6.45) is 0. The van der Waals surface area contributed by atoms with Gasteiger partial charge in [0, 0.05) is 14.9 Å². The Labute approximate surface area is 128 Å². The molecule has 5 heteroatoms. The van der Waals surface area contributed by atoms with Gasteiger partial charge in [0.1, 0.15) is 5.75 Å². The number of hydrogen-bond acceptors (Lipinski definition) is 3. The van der Waals surface area contributed by atoms with Crippen molar-refractivity contribution >= 4 is 26.7 Å². The van der Waals surface area contributed by atoms with Crippen LogP contribution < -0.4 is 4.74 Å². The summed E-state index contributed by atoms with van der Waals surface area (Å²) < 4.78 is 18.5. The molecule has 0 N–H and O–H groups in total. The van der Waals surface area contributed by atoms with E-state index in [1.165, 1.54) is 0 Å².